The third-order valence-electron chi connectivity index (χ3n) is 3.25. The fraction of sp³-hybridized carbons (Fsp3) is 0.538. The molecular formula is C13H21N5. The highest BCUT2D eigenvalue weighted by Crippen LogP contribution is 2.21. The highest BCUT2D eigenvalue weighted by atomic mass is 15.4. The number of hydrogen-bond acceptors (Lipinski definition) is 3. The molecule has 2 rings (SSSR count). The van der Waals surface area contributed by atoms with Crippen molar-refractivity contribution in [1.29, 1.82) is 0 Å². The van der Waals surface area contributed by atoms with Crippen LogP contribution in [0.25, 0.3) is 0 Å². The SMILES string of the molecule is CN(Cc1ccccn1)C(=NC1CCCC1)NN. The van der Waals surface area contributed by atoms with Crippen molar-refractivity contribution in [3.8, 4) is 0 Å². The summed E-state index contributed by atoms with van der Waals surface area (Å²) in [4.78, 5) is 11.0. The number of nitrogens with one attached hydrogen (secondary N) is 1. The van der Waals surface area contributed by atoms with Crippen molar-refractivity contribution in [3.63, 3.8) is 0 Å². The molecule has 5 nitrogen and oxygen atoms in total. The highest BCUT2D eigenvalue weighted by Gasteiger charge is 2.16. The predicted octanol–water partition coefficient (Wildman–Crippen LogP) is 1.28. The minimum Gasteiger partial charge on any atom is -0.339 e. The Kier molecular flexibility index (Phi) is 4.52. The average molecular weight is 247 g/mol. The van der Waals surface area contributed by atoms with Crippen LogP contribution in [0, 0.1) is 0 Å². The quantitative estimate of drug-likeness (QED) is 0.365. The number of nitrogens with zero attached hydrogens (tertiary/aromatic N) is 3. The zero-order chi connectivity index (χ0) is 12.8. The van der Waals surface area contributed by atoms with E-state index in [9.17, 15) is 0 Å². The van der Waals surface area contributed by atoms with Gasteiger partial charge in [0.05, 0.1) is 18.3 Å². The van der Waals surface area contributed by atoms with Crippen molar-refractivity contribution in [1.82, 2.24) is 15.3 Å². The minimum absolute atomic E-state index is 0.419. The molecule has 1 heterocycles. The smallest absolute Gasteiger partial charge is 0.208 e. The van der Waals surface area contributed by atoms with E-state index in [0.29, 0.717) is 12.6 Å². The van der Waals surface area contributed by atoms with Crippen LogP contribution in [0.1, 0.15) is 31.4 Å². The van der Waals surface area contributed by atoms with Crippen LogP contribution in [0.4, 0.5) is 0 Å². The van der Waals surface area contributed by atoms with E-state index in [-0.39, 0.29) is 0 Å². The molecule has 1 fully saturated rings. The summed E-state index contributed by atoms with van der Waals surface area (Å²) >= 11 is 0. The standard InChI is InChI=1S/C13H21N5/c1-18(10-12-8-4-5-9-15-12)13(17-14)16-11-6-2-3-7-11/h4-5,8-9,11H,2-3,6-7,10,14H2,1H3,(H,16,17). The lowest BCUT2D eigenvalue weighted by Crippen LogP contribution is -2.43. The van der Waals surface area contributed by atoms with Gasteiger partial charge in [-0.3, -0.25) is 10.4 Å². The minimum atomic E-state index is 0.419. The molecule has 18 heavy (non-hydrogen) atoms. The van der Waals surface area contributed by atoms with Crippen molar-refractivity contribution < 1.29 is 0 Å². The second-order valence-corrected chi connectivity index (χ2v) is 4.71. The van der Waals surface area contributed by atoms with Crippen LogP contribution >= 0.6 is 0 Å². The van der Waals surface area contributed by atoms with Crippen molar-refractivity contribution in [3.05, 3.63) is 30.1 Å². The Bertz CT molecular complexity index is 384. The van der Waals surface area contributed by atoms with Crippen LogP contribution in [0.2, 0.25) is 0 Å². The molecular weight excluding hydrogens is 226 g/mol. The van der Waals surface area contributed by atoms with Gasteiger partial charge in [0, 0.05) is 13.2 Å². The van der Waals surface area contributed by atoms with E-state index in [1.54, 1.807) is 6.20 Å². The molecule has 0 atom stereocenters. The molecule has 1 saturated carbocycles. The molecule has 0 radical (unpaired) electrons. The molecule has 5 heteroatoms. The van der Waals surface area contributed by atoms with Crippen molar-refractivity contribution >= 4 is 5.96 Å². The first-order valence-electron chi connectivity index (χ1n) is 6.45. The molecule has 0 bridgehead atoms. The maximum absolute atomic E-state index is 5.56. The number of guanidine groups is 1. The van der Waals surface area contributed by atoms with E-state index in [4.69, 9.17) is 5.84 Å². The molecule has 0 amide bonds. The number of hydrazine groups is 1. The molecule has 1 aliphatic rings. The van der Waals surface area contributed by atoms with Crippen molar-refractivity contribution in [2.75, 3.05) is 7.05 Å². The lowest BCUT2D eigenvalue weighted by Gasteiger charge is -2.21. The monoisotopic (exact) mass is 247 g/mol. The van der Waals surface area contributed by atoms with Gasteiger partial charge in [0.25, 0.3) is 0 Å². The zero-order valence-corrected chi connectivity index (χ0v) is 10.8. The summed E-state index contributed by atoms with van der Waals surface area (Å²) < 4.78 is 0. The first kappa shape index (κ1) is 12.8. The van der Waals surface area contributed by atoms with Gasteiger partial charge in [0.1, 0.15) is 0 Å². The maximum Gasteiger partial charge on any atom is 0.208 e. The lowest BCUT2D eigenvalue weighted by molar-refractivity contribution is 0.464. The summed E-state index contributed by atoms with van der Waals surface area (Å²) in [5.74, 6) is 6.31. The lowest BCUT2D eigenvalue weighted by atomic mass is 10.3. The molecule has 1 aromatic heterocycles. The van der Waals surface area contributed by atoms with Crippen molar-refractivity contribution in [2.24, 2.45) is 10.8 Å². The second-order valence-electron chi connectivity index (χ2n) is 4.71. The van der Waals surface area contributed by atoms with Crippen LogP contribution < -0.4 is 11.3 Å². The largest absolute Gasteiger partial charge is 0.339 e. The summed E-state index contributed by atoms with van der Waals surface area (Å²) in [5, 5.41) is 0. The van der Waals surface area contributed by atoms with Crippen LogP contribution in [0.15, 0.2) is 29.4 Å². The summed E-state index contributed by atoms with van der Waals surface area (Å²) in [7, 11) is 1.97. The molecule has 0 aromatic carbocycles. The Morgan fingerprint density at radius 2 is 2.28 bits per heavy atom. The van der Waals surface area contributed by atoms with E-state index in [2.05, 4.69) is 15.4 Å². The number of hydrogen-bond donors (Lipinski definition) is 2. The van der Waals surface area contributed by atoms with E-state index >= 15 is 0 Å². The number of aliphatic imine (C=N–C) groups is 1. The number of aromatic nitrogens is 1. The molecule has 1 aromatic rings. The summed E-state index contributed by atoms with van der Waals surface area (Å²) in [6, 6.07) is 6.32. The van der Waals surface area contributed by atoms with Gasteiger partial charge in [-0.05, 0) is 25.0 Å². The molecule has 3 N–H and O–H groups in total. The number of nitrogens with two attached hydrogens (primary N) is 1. The average Bonchev–Trinajstić information content (AvgIpc) is 2.90. The molecule has 0 spiro atoms. The van der Waals surface area contributed by atoms with Gasteiger partial charge in [-0.15, -0.1) is 0 Å². The highest BCUT2D eigenvalue weighted by molar-refractivity contribution is 5.79. The molecule has 0 saturated heterocycles. The van der Waals surface area contributed by atoms with Crippen molar-refractivity contribution in [2.45, 2.75) is 38.3 Å². The van der Waals surface area contributed by atoms with Gasteiger partial charge < -0.3 is 4.90 Å². The van der Waals surface area contributed by atoms with E-state index < -0.39 is 0 Å². The van der Waals surface area contributed by atoms with E-state index in [1.165, 1.54) is 25.7 Å². The van der Waals surface area contributed by atoms with Crippen LogP contribution in [0.3, 0.4) is 0 Å². The predicted molar refractivity (Wildman–Crippen MR) is 72.7 cm³/mol. The molecule has 0 aliphatic heterocycles. The zero-order valence-electron chi connectivity index (χ0n) is 10.8. The Morgan fingerprint density at radius 1 is 1.50 bits per heavy atom. The Labute approximate surface area is 108 Å². The van der Waals surface area contributed by atoms with Gasteiger partial charge >= 0.3 is 0 Å². The number of pyridine rings is 1. The van der Waals surface area contributed by atoms with Gasteiger partial charge in [0.15, 0.2) is 0 Å². The van der Waals surface area contributed by atoms with Gasteiger partial charge in [-0.1, -0.05) is 18.9 Å². The Hall–Kier alpha value is -1.62. The maximum atomic E-state index is 5.56. The Balaban J connectivity index is 1.98. The number of rotatable bonds is 3. The third-order valence-corrected chi connectivity index (χ3v) is 3.25. The van der Waals surface area contributed by atoms with Crippen LogP contribution in [-0.2, 0) is 6.54 Å². The fourth-order valence-electron chi connectivity index (χ4n) is 2.26. The first-order chi connectivity index (χ1) is 8.79. The third kappa shape index (κ3) is 3.43. The van der Waals surface area contributed by atoms with E-state index in [1.807, 2.05) is 30.1 Å². The van der Waals surface area contributed by atoms with Gasteiger partial charge in [0.2, 0.25) is 5.96 Å². The summed E-state index contributed by atoms with van der Waals surface area (Å²) in [6.07, 6.45) is 6.68. The first-order valence-corrected chi connectivity index (χ1v) is 6.45. The second kappa shape index (κ2) is 6.35. The fourth-order valence-corrected chi connectivity index (χ4v) is 2.26. The van der Waals surface area contributed by atoms with Crippen LogP contribution in [0.5, 0.6) is 0 Å². The topological polar surface area (TPSA) is 66.5 Å². The van der Waals surface area contributed by atoms with Gasteiger partial charge in [-0.2, -0.15) is 0 Å². The Morgan fingerprint density at radius 3 is 2.89 bits per heavy atom. The van der Waals surface area contributed by atoms with Gasteiger partial charge in [-0.25, -0.2) is 10.8 Å². The van der Waals surface area contributed by atoms with Crippen LogP contribution in [-0.4, -0.2) is 28.9 Å². The summed E-state index contributed by atoms with van der Waals surface area (Å²) in [5.41, 5.74) is 3.71. The summed E-state index contributed by atoms with van der Waals surface area (Å²) in [6.45, 7) is 0.705. The molecule has 1 aliphatic carbocycles. The molecule has 98 valence electrons. The normalized spacial score (nSPS) is 16.9. The molecule has 0 unspecified atom stereocenters. The van der Waals surface area contributed by atoms with E-state index in [0.717, 1.165) is 11.7 Å².